The van der Waals surface area contributed by atoms with Crippen molar-refractivity contribution in [3.05, 3.63) is 11.5 Å². The van der Waals surface area contributed by atoms with Crippen LogP contribution in [0.25, 0.3) is 0 Å². The standard InChI is InChI=1S/C12H20N4O3/c1-9-11(10(2)19-15-9)14-12(17)13-3-4-16-5-7-18-8-6-16/h3-8H2,1-2H3,(H2,13,14,17). The first kappa shape index (κ1) is 13.8. The van der Waals surface area contributed by atoms with Gasteiger partial charge in [0.15, 0.2) is 5.76 Å². The van der Waals surface area contributed by atoms with E-state index < -0.39 is 0 Å². The molecule has 0 atom stereocenters. The van der Waals surface area contributed by atoms with Gasteiger partial charge < -0.3 is 19.9 Å². The van der Waals surface area contributed by atoms with Crippen LogP contribution in [0.3, 0.4) is 0 Å². The van der Waals surface area contributed by atoms with E-state index in [0.29, 0.717) is 23.7 Å². The Hall–Kier alpha value is -1.60. The number of carbonyl (C=O) groups is 1. The van der Waals surface area contributed by atoms with Gasteiger partial charge in [-0.15, -0.1) is 0 Å². The molecule has 0 unspecified atom stereocenters. The third-order valence-corrected chi connectivity index (χ3v) is 3.09. The van der Waals surface area contributed by atoms with Gasteiger partial charge in [0.05, 0.1) is 13.2 Å². The second-order valence-corrected chi connectivity index (χ2v) is 4.53. The van der Waals surface area contributed by atoms with Crippen LogP contribution in [0.1, 0.15) is 11.5 Å². The van der Waals surface area contributed by atoms with Crippen LogP contribution in [0.4, 0.5) is 10.5 Å². The average Bonchev–Trinajstić information content (AvgIpc) is 2.72. The highest BCUT2D eigenvalue weighted by Gasteiger charge is 2.13. The lowest BCUT2D eigenvalue weighted by atomic mass is 10.3. The molecule has 2 heterocycles. The van der Waals surface area contributed by atoms with Crippen LogP contribution in [-0.4, -0.2) is 55.5 Å². The van der Waals surface area contributed by atoms with Crippen LogP contribution in [0.2, 0.25) is 0 Å². The molecule has 19 heavy (non-hydrogen) atoms. The molecule has 0 aliphatic carbocycles. The van der Waals surface area contributed by atoms with E-state index in [1.54, 1.807) is 13.8 Å². The van der Waals surface area contributed by atoms with Crippen LogP contribution in [0, 0.1) is 13.8 Å². The van der Waals surface area contributed by atoms with Crippen LogP contribution in [0.5, 0.6) is 0 Å². The van der Waals surface area contributed by atoms with E-state index in [1.165, 1.54) is 0 Å². The van der Waals surface area contributed by atoms with Gasteiger partial charge in [-0.25, -0.2) is 4.79 Å². The molecule has 0 aromatic carbocycles. The van der Waals surface area contributed by atoms with E-state index in [4.69, 9.17) is 9.26 Å². The minimum Gasteiger partial charge on any atom is -0.379 e. The van der Waals surface area contributed by atoms with E-state index in [9.17, 15) is 4.79 Å². The zero-order chi connectivity index (χ0) is 13.7. The van der Waals surface area contributed by atoms with Gasteiger partial charge in [-0.05, 0) is 13.8 Å². The van der Waals surface area contributed by atoms with Crippen LogP contribution < -0.4 is 10.6 Å². The number of hydrogen-bond donors (Lipinski definition) is 2. The summed E-state index contributed by atoms with van der Waals surface area (Å²) in [5, 5.41) is 9.35. The Balaban J connectivity index is 1.70. The Morgan fingerprint density at radius 3 is 2.74 bits per heavy atom. The molecule has 0 spiro atoms. The molecular formula is C12H20N4O3. The zero-order valence-electron chi connectivity index (χ0n) is 11.4. The molecule has 0 radical (unpaired) electrons. The maximum atomic E-state index is 11.7. The van der Waals surface area contributed by atoms with Crippen molar-refractivity contribution in [2.75, 3.05) is 44.7 Å². The number of carbonyl (C=O) groups excluding carboxylic acids is 1. The van der Waals surface area contributed by atoms with Gasteiger partial charge in [0.2, 0.25) is 0 Å². The fourth-order valence-corrected chi connectivity index (χ4v) is 1.97. The lowest BCUT2D eigenvalue weighted by molar-refractivity contribution is 0.0388. The molecule has 7 heteroatoms. The molecule has 1 aromatic heterocycles. The summed E-state index contributed by atoms with van der Waals surface area (Å²) in [6.45, 7) is 8.38. The number of anilines is 1. The van der Waals surface area contributed by atoms with Crippen LogP contribution >= 0.6 is 0 Å². The summed E-state index contributed by atoms with van der Waals surface area (Å²) in [4.78, 5) is 14.0. The summed E-state index contributed by atoms with van der Waals surface area (Å²) in [5.74, 6) is 0.612. The first-order chi connectivity index (χ1) is 9.16. The van der Waals surface area contributed by atoms with Crippen molar-refractivity contribution in [1.29, 1.82) is 0 Å². The third kappa shape index (κ3) is 3.93. The highest BCUT2D eigenvalue weighted by atomic mass is 16.5. The first-order valence-corrected chi connectivity index (χ1v) is 6.44. The molecule has 1 aliphatic rings. The average molecular weight is 268 g/mol. The maximum Gasteiger partial charge on any atom is 0.319 e. The van der Waals surface area contributed by atoms with Crippen molar-refractivity contribution in [3.63, 3.8) is 0 Å². The molecule has 7 nitrogen and oxygen atoms in total. The van der Waals surface area contributed by atoms with Crippen molar-refractivity contribution in [2.45, 2.75) is 13.8 Å². The predicted molar refractivity (Wildman–Crippen MR) is 70.3 cm³/mol. The molecule has 2 rings (SSSR count). The van der Waals surface area contributed by atoms with Gasteiger partial charge in [0.25, 0.3) is 0 Å². The molecule has 0 saturated carbocycles. The van der Waals surface area contributed by atoms with E-state index in [1.807, 2.05) is 0 Å². The van der Waals surface area contributed by atoms with Crippen molar-refractivity contribution >= 4 is 11.7 Å². The summed E-state index contributed by atoms with van der Waals surface area (Å²) in [6, 6.07) is -0.234. The van der Waals surface area contributed by atoms with E-state index in [2.05, 4.69) is 20.7 Å². The molecule has 1 fully saturated rings. The number of aromatic nitrogens is 1. The molecule has 2 amide bonds. The Labute approximate surface area is 112 Å². The Morgan fingerprint density at radius 1 is 1.37 bits per heavy atom. The third-order valence-electron chi connectivity index (χ3n) is 3.09. The number of hydrogen-bond acceptors (Lipinski definition) is 5. The molecular weight excluding hydrogens is 248 g/mol. The number of nitrogens with zero attached hydrogens (tertiary/aromatic N) is 2. The van der Waals surface area contributed by atoms with Crippen LogP contribution in [-0.2, 0) is 4.74 Å². The van der Waals surface area contributed by atoms with Crippen LogP contribution in [0.15, 0.2) is 4.52 Å². The number of rotatable bonds is 4. The minimum atomic E-state index is -0.234. The Morgan fingerprint density at radius 2 is 2.11 bits per heavy atom. The number of morpholine rings is 1. The van der Waals surface area contributed by atoms with E-state index in [-0.39, 0.29) is 6.03 Å². The largest absolute Gasteiger partial charge is 0.379 e. The summed E-state index contributed by atoms with van der Waals surface area (Å²) in [6.07, 6.45) is 0. The van der Waals surface area contributed by atoms with E-state index >= 15 is 0 Å². The minimum absolute atomic E-state index is 0.234. The fourth-order valence-electron chi connectivity index (χ4n) is 1.97. The van der Waals surface area contributed by atoms with Gasteiger partial charge >= 0.3 is 6.03 Å². The highest BCUT2D eigenvalue weighted by molar-refractivity contribution is 5.90. The van der Waals surface area contributed by atoms with Crippen molar-refractivity contribution in [2.24, 2.45) is 0 Å². The Bertz CT molecular complexity index is 407. The van der Waals surface area contributed by atoms with Gasteiger partial charge in [-0.2, -0.15) is 0 Å². The highest BCUT2D eigenvalue weighted by Crippen LogP contribution is 2.18. The molecule has 0 bridgehead atoms. The SMILES string of the molecule is Cc1noc(C)c1NC(=O)NCCN1CCOCC1. The van der Waals surface area contributed by atoms with Gasteiger partial charge in [0.1, 0.15) is 11.4 Å². The predicted octanol–water partition coefficient (Wildman–Crippen LogP) is 0.745. The summed E-state index contributed by atoms with van der Waals surface area (Å²) >= 11 is 0. The molecule has 1 saturated heterocycles. The zero-order valence-corrected chi connectivity index (χ0v) is 11.4. The molecule has 2 N–H and O–H groups in total. The second kappa shape index (κ2) is 6.53. The maximum absolute atomic E-state index is 11.7. The first-order valence-electron chi connectivity index (χ1n) is 6.44. The lowest BCUT2D eigenvalue weighted by Crippen LogP contribution is -2.42. The van der Waals surface area contributed by atoms with Crippen molar-refractivity contribution in [3.8, 4) is 0 Å². The van der Waals surface area contributed by atoms with Gasteiger partial charge in [0, 0.05) is 26.2 Å². The Kier molecular flexibility index (Phi) is 4.75. The normalized spacial score (nSPS) is 16.3. The van der Waals surface area contributed by atoms with E-state index in [0.717, 1.165) is 32.8 Å². The number of amides is 2. The molecule has 106 valence electrons. The summed E-state index contributed by atoms with van der Waals surface area (Å²) in [7, 11) is 0. The number of aryl methyl sites for hydroxylation is 2. The molecule has 1 aromatic rings. The quantitative estimate of drug-likeness (QED) is 0.842. The smallest absolute Gasteiger partial charge is 0.319 e. The van der Waals surface area contributed by atoms with Gasteiger partial charge in [-0.3, -0.25) is 4.90 Å². The summed E-state index contributed by atoms with van der Waals surface area (Å²) in [5.41, 5.74) is 1.32. The number of urea groups is 1. The van der Waals surface area contributed by atoms with Crippen molar-refractivity contribution in [1.82, 2.24) is 15.4 Å². The topological polar surface area (TPSA) is 79.6 Å². The molecule has 1 aliphatic heterocycles. The fraction of sp³-hybridized carbons (Fsp3) is 0.667. The summed E-state index contributed by atoms with van der Waals surface area (Å²) < 4.78 is 10.2. The van der Waals surface area contributed by atoms with Gasteiger partial charge in [-0.1, -0.05) is 5.16 Å². The van der Waals surface area contributed by atoms with Crippen molar-refractivity contribution < 1.29 is 14.1 Å². The number of nitrogens with one attached hydrogen (secondary N) is 2. The second-order valence-electron chi connectivity index (χ2n) is 4.53. The lowest BCUT2D eigenvalue weighted by Gasteiger charge is -2.26. The monoisotopic (exact) mass is 268 g/mol. The number of ether oxygens (including phenoxy) is 1.